The number of carbonyl (C=O) groups excluding carboxylic acids is 2. The molecule has 0 aromatic heterocycles. The molecule has 1 saturated heterocycles. The molecule has 0 unspecified atom stereocenters. The van der Waals surface area contributed by atoms with Gasteiger partial charge in [-0.05, 0) is 36.6 Å². The summed E-state index contributed by atoms with van der Waals surface area (Å²) in [4.78, 5) is 26.2. The van der Waals surface area contributed by atoms with Crippen molar-refractivity contribution in [2.24, 2.45) is 0 Å². The highest BCUT2D eigenvalue weighted by molar-refractivity contribution is 7.89. The van der Waals surface area contributed by atoms with Gasteiger partial charge in [0.05, 0.1) is 4.90 Å². The Hall–Kier alpha value is -2.91. The Labute approximate surface area is 189 Å². The number of anilines is 1. The summed E-state index contributed by atoms with van der Waals surface area (Å²) in [5.74, 6) is -0.302. The Bertz CT molecular complexity index is 1020. The smallest absolute Gasteiger partial charge is 0.317 e. The molecule has 172 valence electrons. The molecule has 0 radical (unpaired) electrons. The number of sulfonamides is 1. The lowest BCUT2D eigenvalue weighted by Gasteiger charge is -2.26. The summed E-state index contributed by atoms with van der Waals surface area (Å²) in [5.41, 5.74) is 1.43. The van der Waals surface area contributed by atoms with E-state index in [1.165, 1.54) is 10.4 Å². The normalized spacial score (nSPS) is 14.5. The summed E-state index contributed by atoms with van der Waals surface area (Å²) in [6, 6.07) is 15.7. The van der Waals surface area contributed by atoms with Gasteiger partial charge in [-0.15, -0.1) is 0 Å². The van der Waals surface area contributed by atoms with E-state index in [2.05, 4.69) is 10.6 Å². The second-order valence-corrected chi connectivity index (χ2v) is 9.80. The van der Waals surface area contributed by atoms with Crippen LogP contribution in [0.25, 0.3) is 0 Å². The number of amides is 3. The third-order valence-corrected chi connectivity index (χ3v) is 7.20. The van der Waals surface area contributed by atoms with Crippen LogP contribution in [-0.2, 0) is 21.4 Å². The quantitative estimate of drug-likeness (QED) is 0.635. The SMILES string of the molecule is CN(Cc1ccccc1)C(=O)NCCC(=O)Nc1cccc(S(=O)(=O)N2CCCCC2)c1. The van der Waals surface area contributed by atoms with E-state index in [9.17, 15) is 18.0 Å². The van der Waals surface area contributed by atoms with Gasteiger partial charge in [-0.1, -0.05) is 42.8 Å². The summed E-state index contributed by atoms with van der Waals surface area (Å²) < 4.78 is 27.2. The molecule has 32 heavy (non-hydrogen) atoms. The molecule has 8 nitrogen and oxygen atoms in total. The molecule has 0 aliphatic carbocycles. The highest BCUT2D eigenvalue weighted by Gasteiger charge is 2.26. The van der Waals surface area contributed by atoms with E-state index < -0.39 is 10.0 Å². The van der Waals surface area contributed by atoms with Gasteiger partial charge in [0.2, 0.25) is 15.9 Å². The van der Waals surface area contributed by atoms with E-state index in [1.54, 1.807) is 30.1 Å². The van der Waals surface area contributed by atoms with Crippen LogP contribution < -0.4 is 10.6 Å². The van der Waals surface area contributed by atoms with Gasteiger partial charge in [-0.25, -0.2) is 13.2 Å². The van der Waals surface area contributed by atoms with Crippen molar-refractivity contribution in [1.29, 1.82) is 0 Å². The standard InChI is InChI=1S/C23H30N4O4S/c1-26(18-19-9-4-2-5-10-19)23(29)24-14-13-22(28)25-20-11-8-12-21(17-20)32(30,31)27-15-6-3-7-16-27/h2,4-5,8-12,17H,3,6-7,13-16,18H2,1H3,(H,24,29)(H,25,28). The van der Waals surface area contributed by atoms with Crippen LogP contribution in [0.4, 0.5) is 10.5 Å². The molecule has 3 rings (SSSR count). The molecule has 1 fully saturated rings. The van der Waals surface area contributed by atoms with Crippen LogP contribution in [-0.4, -0.2) is 56.2 Å². The zero-order valence-corrected chi connectivity index (χ0v) is 19.1. The lowest BCUT2D eigenvalue weighted by atomic mass is 10.2. The largest absolute Gasteiger partial charge is 0.337 e. The highest BCUT2D eigenvalue weighted by Crippen LogP contribution is 2.22. The van der Waals surface area contributed by atoms with Crippen LogP contribution in [0.1, 0.15) is 31.2 Å². The predicted octanol–water partition coefficient (Wildman–Crippen LogP) is 3.03. The van der Waals surface area contributed by atoms with Crippen molar-refractivity contribution in [1.82, 2.24) is 14.5 Å². The molecule has 0 bridgehead atoms. The van der Waals surface area contributed by atoms with E-state index in [4.69, 9.17) is 0 Å². The first-order valence-corrected chi connectivity index (χ1v) is 12.2. The molecule has 0 saturated carbocycles. The highest BCUT2D eigenvalue weighted by atomic mass is 32.2. The minimum atomic E-state index is -3.56. The first kappa shape index (κ1) is 23.7. The van der Waals surface area contributed by atoms with E-state index in [0.717, 1.165) is 24.8 Å². The van der Waals surface area contributed by atoms with Crippen LogP contribution >= 0.6 is 0 Å². The van der Waals surface area contributed by atoms with Crippen LogP contribution in [0.15, 0.2) is 59.5 Å². The molecule has 2 aromatic rings. The fourth-order valence-corrected chi connectivity index (χ4v) is 5.12. The van der Waals surface area contributed by atoms with Crippen molar-refractivity contribution in [3.63, 3.8) is 0 Å². The minimum Gasteiger partial charge on any atom is -0.337 e. The Balaban J connectivity index is 1.47. The second-order valence-electron chi connectivity index (χ2n) is 7.86. The first-order valence-electron chi connectivity index (χ1n) is 10.8. The maximum atomic E-state index is 12.8. The molecule has 0 spiro atoms. The van der Waals surface area contributed by atoms with Crippen molar-refractivity contribution < 1.29 is 18.0 Å². The van der Waals surface area contributed by atoms with Crippen LogP contribution in [0.2, 0.25) is 0 Å². The van der Waals surface area contributed by atoms with Crippen molar-refractivity contribution in [3.8, 4) is 0 Å². The van der Waals surface area contributed by atoms with Gasteiger partial charge in [0.1, 0.15) is 0 Å². The van der Waals surface area contributed by atoms with Crippen LogP contribution in [0, 0.1) is 0 Å². The molecule has 2 N–H and O–H groups in total. The number of urea groups is 1. The molecule has 2 aromatic carbocycles. The number of hydrogen-bond donors (Lipinski definition) is 2. The molecular formula is C23H30N4O4S. The maximum Gasteiger partial charge on any atom is 0.317 e. The summed E-state index contributed by atoms with van der Waals surface area (Å²) in [7, 11) is -1.87. The van der Waals surface area contributed by atoms with Gasteiger partial charge in [-0.3, -0.25) is 4.79 Å². The van der Waals surface area contributed by atoms with Crippen molar-refractivity contribution in [2.45, 2.75) is 37.1 Å². The maximum absolute atomic E-state index is 12.8. The van der Waals surface area contributed by atoms with Crippen LogP contribution in [0.3, 0.4) is 0 Å². The summed E-state index contributed by atoms with van der Waals surface area (Å²) in [6.45, 7) is 1.70. The third-order valence-electron chi connectivity index (χ3n) is 5.31. The van der Waals surface area contributed by atoms with Gasteiger partial charge in [0.15, 0.2) is 0 Å². The topological polar surface area (TPSA) is 98.8 Å². The van der Waals surface area contributed by atoms with Crippen LogP contribution in [0.5, 0.6) is 0 Å². The fraction of sp³-hybridized carbons (Fsp3) is 0.391. The van der Waals surface area contributed by atoms with E-state index >= 15 is 0 Å². The molecule has 3 amide bonds. The molecule has 1 aliphatic rings. The lowest BCUT2D eigenvalue weighted by molar-refractivity contribution is -0.116. The third kappa shape index (κ3) is 6.54. The number of carbonyl (C=O) groups is 2. The molecule has 0 atom stereocenters. The Kier molecular flexibility index (Phi) is 8.24. The Morgan fingerprint density at radius 2 is 1.72 bits per heavy atom. The van der Waals surface area contributed by atoms with Crippen molar-refractivity contribution >= 4 is 27.6 Å². The Morgan fingerprint density at radius 1 is 1.00 bits per heavy atom. The van der Waals surface area contributed by atoms with E-state index in [0.29, 0.717) is 25.3 Å². The molecule has 1 heterocycles. The fourth-order valence-electron chi connectivity index (χ4n) is 3.56. The number of benzene rings is 2. The molecule has 1 aliphatic heterocycles. The summed E-state index contributed by atoms with van der Waals surface area (Å²) >= 11 is 0. The van der Waals surface area contributed by atoms with Crippen molar-refractivity contribution in [2.75, 3.05) is 32.0 Å². The second kappa shape index (κ2) is 11.1. The predicted molar refractivity (Wildman–Crippen MR) is 124 cm³/mol. The first-order chi connectivity index (χ1) is 15.4. The lowest BCUT2D eigenvalue weighted by Crippen LogP contribution is -2.38. The average molecular weight is 459 g/mol. The summed E-state index contributed by atoms with van der Waals surface area (Å²) in [6.07, 6.45) is 2.85. The van der Waals surface area contributed by atoms with E-state index in [1.807, 2.05) is 30.3 Å². The minimum absolute atomic E-state index is 0.0774. The van der Waals surface area contributed by atoms with Gasteiger partial charge in [-0.2, -0.15) is 4.31 Å². The van der Waals surface area contributed by atoms with Gasteiger partial charge in [0, 0.05) is 45.3 Å². The number of hydrogen-bond acceptors (Lipinski definition) is 4. The van der Waals surface area contributed by atoms with Crippen molar-refractivity contribution in [3.05, 3.63) is 60.2 Å². The number of nitrogens with one attached hydrogen (secondary N) is 2. The van der Waals surface area contributed by atoms with Gasteiger partial charge < -0.3 is 15.5 Å². The van der Waals surface area contributed by atoms with E-state index in [-0.39, 0.29) is 29.8 Å². The molecule has 9 heteroatoms. The zero-order chi connectivity index (χ0) is 23.0. The monoisotopic (exact) mass is 458 g/mol. The number of piperidine rings is 1. The number of rotatable bonds is 8. The zero-order valence-electron chi connectivity index (χ0n) is 18.3. The van der Waals surface area contributed by atoms with Gasteiger partial charge >= 0.3 is 6.03 Å². The molecular weight excluding hydrogens is 428 g/mol. The number of nitrogens with zero attached hydrogens (tertiary/aromatic N) is 2. The average Bonchev–Trinajstić information content (AvgIpc) is 2.80. The Morgan fingerprint density at radius 3 is 2.44 bits per heavy atom. The van der Waals surface area contributed by atoms with Gasteiger partial charge in [0.25, 0.3) is 0 Å². The summed E-state index contributed by atoms with van der Waals surface area (Å²) in [5, 5.41) is 5.43.